The van der Waals surface area contributed by atoms with Gasteiger partial charge < -0.3 is 10.2 Å². The van der Waals surface area contributed by atoms with E-state index < -0.39 is 0 Å². The van der Waals surface area contributed by atoms with E-state index in [-0.39, 0.29) is 5.41 Å². The summed E-state index contributed by atoms with van der Waals surface area (Å²) < 4.78 is 0. The van der Waals surface area contributed by atoms with Crippen LogP contribution in [0.1, 0.15) is 53.3 Å². The van der Waals surface area contributed by atoms with Crippen molar-refractivity contribution in [2.75, 3.05) is 30.4 Å². The molecule has 108 valence electrons. The highest BCUT2D eigenvalue weighted by atomic mass is 15.2. The van der Waals surface area contributed by atoms with Crippen molar-refractivity contribution in [1.29, 1.82) is 0 Å². The first kappa shape index (κ1) is 15.7. The summed E-state index contributed by atoms with van der Waals surface area (Å²) in [6.07, 6.45) is 2.26. The third-order valence-corrected chi connectivity index (χ3v) is 2.95. The smallest absolute Gasteiger partial charge is 0.138 e. The highest BCUT2D eigenvalue weighted by Crippen LogP contribution is 2.24. The maximum Gasteiger partial charge on any atom is 0.138 e. The molecule has 0 aromatic carbocycles. The van der Waals surface area contributed by atoms with E-state index in [1.165, 1.54) is 0 Å². The third-order valence-electron chi connectivity index (χ3n) is 2.95. The number of aromatic nitrogens is 2. The van der Waals surface area contributed by atoms with Crippen molar-refractivity contribution in [3.63, 3.8) is 0 Å². The molecule has 0 saturated carbocycles. The lowest BCUT2D eigenvalue weighted by atomic mass is 9.96. The van der Waals surface area contributed by atoms with Gasteiger partial charge in [-0.2, -0.15) is 0 Å². The normalized spacial score (nSPS) is 11.5. The molecule has 1 heterocycles. The van der Waals surface area contributed by atoms with Crippen LogP contribution in [0.2, 0.25) is 0 Å². The lowest BCUT2D eigenvalue weighted by Crippen LogP contribution is -2.28. The van der Waals surface area contributed by atoms with E-state index in [0.717, 1.165) is 43.4 Å². The van der Waals surface area contributed by atoms with Gasteiger partial charge in [-0.05, 0) is 12.8 Å². The van der Waals surface area contributed by atoms with Crippen molar-refractivity contribution in [1.82, 2.24) is 9.97 Å². The maximum absolute atomic E-state index is 4.76. The molecule has 0 saturated heterocycles. The van der Waals surface area contributed by atoms with Crippen LogP contribution in [0.25, 0.3) is 0 Å². The van der Waals surface area contributed by atoms with E-state index in [1.54, 1.807) is 0 Å². The topological polar surface area (TPSA) is 41.0 Å². The number of hydrogen-bond acceptors (Lipinski definition) is 4. The van der Waals surface area contributed by atoms with Gasteiger partial charge in [0, 0.05) is 31.6 Å². The molecular weight excluding hydrogens is 236 g/mol. The molecule has 4 heteroatoms. The second-order valence-corrected chi connectivity index (χ2v) is 5.92. The van der Waals surface area contributed by atoms with Gasteiger partial charge in [-0.1, -0.05) is 34.6 Å². The average Bonchev–Trinajstić information content (AvgIpc) is 2.37. The Morgan fingerprint density at radius 2 is 1.68 bits per heavy atom. The van der Waals surface area contributed by atoms with E-state index in [4.69, 9.17) is 4.98 Å². The first-order valence-electron chi connectivity index (χ1n) is 7.24. The molecule has 0 bridgehead atoms. The van der Waals surface area contributed by atoms with Crippen LogP contribution in [0.5, 0.6) is 0 Å². The van der Waals surface area contributed by atoms with Crippen LogP contribution in [0.4, 0.5) is 11.6 Å². The van der Waals surface area contributed by atoms with Crippen molar-refractivity contribution >= 4 is 11.6 Å². The first-order chi connectivity index (χ1) is 8.92. The second-order valence-electron chi connectivity index (χ2n) is 5.92. The summed E-state index contributed by atoms with van der Waals surface area (Å²) in [5, 5.41) is 3.14. The molecule has 4 nitrogen and oxygen atoms in total. The van der Waals surface area contributed by atoms with Gasteiger partial charge >= 0.3 is 0 Å². The van der Waals surface area contributed by atoms with Crippen LogP contribution in [0, 0.1) is 0 Å². The molecule has 0 aliphatic carbocycles. The summed E-state index contributed by atoms with van der Waals surface area (Å²) in [5.41, 5.74) is -0.0360. The summed E-state index contributed by atoms with van der Waals surface area (Å²) in [5.74, 6) is 2.83. The van der Waals surface area contributed by atoms with Crippen molar-refractivity contribution < 1.29 is 0 Å². The third kappa shape index (κ3) is 4.37. The molecule has 1 N–H and O–H groups in total. The minimum atomic E-state index is -0.0360. The summed E-state index contributed by atoms with van der Waals surface area (Å²) in [4.78, 5) is 11.7. The Hall–Kier alpha value is -1.32. The fourth-order valence-electron chi connectivity index (χ4n) is 1.94. The SMILES string of the molecule is CCCN(CCC)c1cc(NC)nc(C(C)(C)C)n1. The number of nitrogens with one attached hydrogen (secondary N) is 1. The quantitative estimate of drug-likeness (QED) is 0.854. The molecule has 0 amide bonds. The zero-order chi connectivity index (χ0) is 14.5. The largest absolute Gasteiger partial charge is 0.373 e. The zero-order valence-corrected chi connectivity index (χ0v) is 13.2. The Bertz CT molecular complexity index is 390. The van der Waals surface area contributed by atoms with Gasteiger partial charge in [-0.3, -0.25) is 0 Å². The van der Waals surface area contributed by atoms with Crippen LogP contribution in [-0.4, -0.2) is 30.1 Å². The van der Waals surface area contributed by atoms with Gasteiger partial charge in [0.1, 0.15) is 17.5 Å². The van der Waals surface area contributed by atoms with E-state index >= 15 is 0 Å². The molecule has 0 aliphatic heterocycles. The average molecular weight is 264 g/mol. The molecule has 1 aromatic heterocycles. The van der Waals surface area contributed by atoms with Crippen LogP contribution < -0.4 is 10.2 Å². The van der Waals surface area contributed by atoms with Crippen molar-refractivity contribution in [3.8, 4) is 0 Å². The monoisotopic (exact) mass is 264 g/mol. The Morgan fingerprint density at radius 1 is 1.11 bits per heavy atom. The predicted octanol–water partition coefficient (Wildman–Crippen LogP) is 3.44. The predicted molar refractivity (Wildman–Crippen MR) is 83.1 cm³/mol. The molecular formula is C15H28N4. The van der Waals surface area contributed by atoms with E-state index in [2.05, 4.69) is 49.8 Å². The number of hydrogen-bond donors (Lipinski definition) is 1. The van der Waals surface area contributed by atoms with Gasteiger partial charge in [-0.15, -0.1) is 0 Å². The lowest BCUT2D eigenvalue weighted by Gasteiger charge is -2.25. The Kier molecular flexibility index (Phi) is 5.58. The van der Waals surface area contributed by atoms with Crippen LogP contribution in [0.15, 0.2) is 6.07 Å². The van der Waals surface area contributed by atoms with Gasteiger partial charge in [0.25, 0.3) is 0 Å². The molecule has 1 aromatic rings. The van der Waals surface area contributed by atoms with Gasteiger partial charge in [0.15, 0.2) is 0 Å². The standard InChI is InChI=1S/C15H28N4/c1-7-9-19(10-8-2)13-11-12(16-6)17-14(18-13)15(3,4)5/h11H,7-10H2,1-6H3,(H,16,17,18). The van der Waals surface area contributed by atoms with Crippen molar-refractivity contribution in [3.05, 3.63) is 11.9 Å². The summed E-state index contributed by atoms with van der Waals surface area (Å²) in [7, 11) is 1.91. The fraction of sp³-hybridized carbons (Fsp3) is 0.733. The highest BCUT2D eigenvalue weighted by Gasteiger charge is 2.20. The molecule has 0 aliphatic rings. The fourth-order valence-corrected chi connectivity index (χ4v) is 1.94. The minimum absolute atomic E-state index is 0.0360. The maximum atomic E-state index is 4.76. The lowest BCUT2D eigenvalue weighted by molar-refractivity contribution is 0.544. The first-order valence-corrected chi connectivity index (χ1v) is 7.24. The summed E-state index contributed by atoms with van der Waals surface area (Å²) in [6.45, 7) is 12.9. The highest BCUT2D eigenvalue weighted by molar-refractivity contribution is 5.49. The van der Waals surface area contributed by atoms with Crippen molar-refractivity contribution in [2.24, 2.45) is 0 Å². The molecule has 0 spiro atoms. The second kappa shape index (κ2) is 6.73. The molecule has 0 unspecified atom stereocenters. The Balaban J connectivity index is 3.17. The van der Waals surface area contributed by atoms with Gasteiger partial charge in [0.05, 0.1) is 0 Å². The van der Waals surface area contributed by atoms with Crippen LogP contribution >= 0.6 is 0 Å². The van der Waals surface area contributed by atoms with Crippen LogP contribution in [0.3, 0.4) is 0 Å². The molecule has 0 fully saturated rings. The zero-order valence-electron chi connectivity index (χ0n) is 13.2. The van der Waals surface area contributed by atoms with E-state index in [9.17, 15) is 0 Å². The number of rotatable bonds is 6. The minimum Gasteiger partial charge on any atom is -0.373 e. The van der Waals surface area contributed by atoms with Gasteiger partial charge in [0.2, 0.25) is 0 Å². The molecule has 0 radical (unpaired) electrons. The number of anilines is 2. The van der Waals surface area contributed by atoms with Crippen LogP contribution in [-0.2, 0) is 5.41 Å². The van der Waals surface area contributed by atoms with E-state index in [1.807, 2.05) is 13.1 Å². The molecule has 19 heavy (non-hydrogen) atoms. The molecule has 1 rings (SSSR count). The summed E-state index contributed by atoms with van der Waals surface area (Å²) >= 11 is 0. The summed E-state index contributed by atoms with van der Waals surface area (Å²) in [6, 6.07) is 2.04. The van der Waals surface area contributed by atoms with Gasteiger partial charge in [-0.25, -0.2) is 9.97 Å². The number of nitrogens with zero attached hydrogens (tertiary/aromatic N) is 3. The van der Waals surface area contributed by atoms with Crippen molar-refractivity contribution in [2.45, 2.75) is 52.9 Å². The van der Waals surface area contributed by atoms with E-state index in [0.29, 0.717) is 0 Å². The molecule has 0 atom stereocenters. The Morgan fingerprint density at radius 3 is 2.11 bits per heavy atom. The Labute approximate surface area is 117 Å².